The number of benzene rings is 2. The molecule has 0 aliphatic heterocycles. The van der Waals surface area contributed by atoms with Gasteiger partial charge in [0, 0.05) is 42.1 Å². The highest BCUT2D eigenvalue weighted by Crippen LogP contribution is 2.43. The van der Waals surface area contributed by atoms with Crippen LogP contribution in [0.15, 0.2) is 75.3 Å². The average Bonchev–Trinajstić information content (AvgIpc) is 3.86. The van der Waals surface area contributed by atoms with Crippen molar-refractivity contribution < 1.29 is 22.8 Å². The van der Waals surface area contributed by atoms with E-state index >= 15 is 0 Å². The number of nitrogen functional groups attached to an aromatic ring is 2. The third-order valence-electron chi connectivity index (χ3n) is 12.5. The lowest BCUT2D eigenvalue weighted by Gasteiger charge is -2.30. The molecule has 2 aromatic carbocycles. The van der Waals surface area contributed by atoms with Crippen molar-refractivity contribution in [2.75, 3.05) is 24.6 Å². The topological polar surface area (TPSA) is 204 Å². The molecule has 2 amide bonds. The van der Waals surface area contributed by atoms with Crippen molar-refractivity contribution in [1.82, 2.24) is 39.3 Å². The largest absolute Gasteiger partial charge is 0.418 e. The second kappa shape index (κ2) is 24.3. The van der Waals surface area contributed by atoms with E-state index in [4.69, 9.17) is 21.7 Å². The molecule has 0 radical (unpaired) electrons. The van der Waals surface area contributed by atoms with E-state index in [1.165, 1.54) is 27.8 Å². The maximum Gasteiger partial charge on any atom is 0.418 e. The van der Waals surface area contributed by atoms with Gasteiger partial charge in [-0.25, -0.2) is 9.97 Å². The molecule has 0 aliphatic rings. The van der Waals surface area contributed by atoms with Gasteiger partial charge < -0.3 is 21.3 Å². The van der Waals surface area contributed by atoms with Crippen molar-refractivity contribution >= 4 is 46.2 Å². The summed E-state index contributed by atoms with van der Waals surface area (Å²) in [6, 6.07) is 12.0. The Morgan fingerprint density at radius 2 is 1.04 bits per heavy atom. The molecule has 2 unspecified atom stereocenters. The Morgan fingerprint density at radius 1 is 0.611 bits per heavy atom. The van der Waals surface area contributed by atoms with Crippen LogP contribution in [0.25, 0.3) is 11.6 Å². The molecule has 19 heteroatoms. The van der Waals surface area contributed by atoms with Crippen molar-refractivity contribution in [2.24, 2.45) is 20.5 Å². The Bertz CT molecular complexity index is 2690. The van der Waals surface area contributed by atoms with E-state index in [1.807, 2.05) is 73.3 Å². The molecule has 0 spiro atoms. The Balaban J connectivity index is 1.59. The molecule has 16 nitrogen and oxygen atoms in total. The lowest BCUT2D eigenvalue weighted by Crippen LogP contribution is -2.39. The van der Waals surface area contributed by atoms with Gasteiger partial charge in [-0.1, -0.05) is 126 Å². The summed E-state index contributed by atoms with van der Waals surface area (Å²) in [5.41, 5.74) is 12.3. The lowest BCUT2D eigenvalue weighted by atomic mass is 9.91. The average molecular weight is 997 g/mol. The third kappa shape index (κ3) is 13.3. The highest BCUT2D eigenvalue weighted by Gasteiger charge is 2.37. The number of anilines is 2. The summed E-state index contributed by atoms with van der Waals surface area (Å²) in [5, 5.41) is 27.5. The van der Waals surface area contributed by atoms with E-state index in [0.29, 0.717) is 48.6 Å². The monoisotopic (exact) mass is 997 g/mol. The zero-order valence-corrected chi connectivity index (χ0v) is 44.3. The number of azo groups is 2. The predicted molar refractivity (Wildman–Crippen MR) is 279 cm³/mol. The number of halogens is 3. The molecular weight excluding hydrogens is 922 g/mol. The Kier molecular flexibility index (Phi) is 19.0. The molecule has 5 aromatic rings. The summed E-state index contributed by atoms with van der Waals surface area (Å²) in [6.07, 6.45) is 5.12. The second-order valence-corrected chi connectivity index (χ2v) is 20.5. The maximum absolute atomic E-state index is 14.8. The molecule has 3 heterocycles. The summed E-state index contributed by atoms with van der Waals surface area (Å²) < 4.78 is 47.0. The lowest BCUT2D eigenvalue weighted by molar-refractivity contribution is -0.137. The van der Waals surface area contributed by atoms with Crippen molar-refractivity contribution in [2.45, 2.75) is 176 Å². The summed E-state index contributed by atoms with van der Waals surface area (Å²) in [7, 11) is 0. The van der Waals surface area contributed by atoms with Gasteiger partial charge in [-0.15, -0.1) is 20.5 Å². The molecule has 0 saturated heterocycles. The number of nitrogens with two attached hydrogens (primary N) is 2. The first-order valence-electron chi connectivity index (χ1n) is 25.3. The molecular formula is C53H75F3N14O2. The first-order valence-corrected chi connectivity index (χ1v) is 25.3. The van der Waals surface area contributed by atoms with Crippen LogP contribution in [0.3, 0.4) is 0 Å². The molecule has 3 aromatic heterocycles. The highest BCUT2D eigenvalue weighted by molar-refractivity contribution is 6.00. The zero-order chi connectivity index (χ0) is 53.1. The number of unbranched alkanes of at least 4 members (excludes halogenated alkanes) is 4. The summed E-state index contributed by atoms with van der Waals surface area (Å²) >= 11 is 0. The standard InChI is InChI=1S/C53H75F3N14O2/c1-13-17-24-34(5)67(30-19-15-3)49(71)36-26-21-22-29-39(36)61-63-43-45(51(7,8)9)65-69(47(43)57)40-32-41(60-33-59-40)70-48(58)44(46(66-70)52(10,11)12)64-62-42-37(27-23-28-38(42)53(54,55)56)50(72)68(31-20-16-4)35(6)25-18-14-2/h21-23,26-29,32-35H,13-20,24-25,30-31,57-58H2,1-12H3/b63-61+,64-62+. The molecule has 0 saturated carbocycles. The fourth-order valence-electron chi connectivity index (χ4n) is 8.29. The molecule has 0 aliphatic carbocycles. The van der Waals surface area contributed by atoms with Crippen LogP contribution in [-0.4, -0.2) is 76.3 Å². The van der Waals surface area contributed by atoms with Gasteiger partial charge in [0.05, 0.1) is 33.8 Å². The Morgan fingerprint density at radius 3 is 1.50 bits per heavy atom. The van der Waals surface area contributed by atoms with Gasteiger partial charge in [0.25, 0.3) is 11.8 Å². The van der Waals surface area contributed by atoms with Gasteiger partial charge in [0.15, 0.2) is 34.6 Å². The van der Waals surface area contributed by atoms with Crippen LogP contribution < -0.4 is 11.5 Å². The van der Waals surface area contributed by atoms with E-state index in [0.717, 1.165) is 57.4 Å². The van der Waals surface area contributed by atoms with Crippen LogP contribution >= 0.6 is 0 Å². The van der Waals surface area contributed by atoms with Crippen molar-refractivity contribution in [1.29, 1.82) is 0 Å². The smallest absolute Gasteiger partial charge is 0.382 e. The second-order valence-electron chi connectivity index (χ2n) is 20.5. The summed E-state index contributed by atoms with van der Waals surface area (Å²) in [5.74, 6) is -0.277. The van der Waals surface area contributed by atoms with Gasteiger partial charge in [0.2, 0.25) is 0 Å². The highest BCUT2D eigenvalue weighted by atomic mass is 19.4. The minimum atomic E-state index is -4.86. The third-order valence-corrected chi connectivity index (χ3v) is 12.5. The number of carbonyl (C=O) groups is 2. The van der Waals surface area contributed by atoms with Gasteiger partial charge in [-0.2, -0.15) is 32.7 Å². The van der Waals surface area contributed by atoms with Gasteiger partial charge in [-0.05, 0) is 63.8 Å². The predicted octanol–water partition coefficient (Wildman–Crippen LogP) is 14.1. The number of rotatable bonds is 22. The van der Waals surface area contributed by atoms with Crippen LogP contribution in [0.1, 0.15) is 185 Å². The molecule has 72 heavy (non-hydrogen) atoms. The molecule has 0 fully saturated rings. The van der Waals surface area contributed by atoms with E-state index in [9.17, 15) is 22.8 Å². The van der Waals surface area contributed by atoms with Crippen LogP contribution in [0.2, 0.25) is 0 Å². The number of amides is 2. The first kappa shape index (κ1) is 56.4. The van der Waals surface area contributed by atoms with Crippen LogP contribution in [0.4, 0.5) is 47.6 Å². The van der Waals surface area contributed by atoms with Gasteiger partial charge >= 0.3 is 6.18 Å². The van der Waals surface area contributed by atoms with Crippen LogP contribution in [0.5, 0.6) is 0 Å². The van der Waals surface area contributed by atoms with Gasteiger partial charge in [-0.3, -0.25) is 9.59 Å². The van der Waals surface area contributed by atoms with Crippen molar-refractivity contribution in [3.05, 3.63) is 82.9 Å². The molecule has 0 bridgehead atoms. The fraction of sp³-hybridized carbons (Fsp3) is 0.547. The van der Waals surface area contributed by atoms with Crippen LogP contribution in [-0.2, 0) is 17.0 Å². The molecule has 4 N–H and O–H groups in total. The zero-order valence-electron chi connectivity index (χ0n) is 44.3. The fourth-order valence-corrected chi connectivity index (χ4v) is 8.29. The number of hydrogen-bond acceptors (Lipinski definition) is 12. The maximum atomic E-state index is 14.8. The molecule has 390 valence electrons. The molecule has 5 rings (SSSR count). The Hall–Kier alpha value is -6.53. The van der Waals surface area contributed by atoms with E-state index in [2.05, 4.69) is 51.2 Å². The van der Waals surface area contributed by atoms with Crippen molar-refractivity contribution in [3.63, 3.8) is 0 Å². The Labute approximate surface area is 423 Å². The minimum Gasteiger partial charge on any atom is -0.382 e. The number of carbonyl (C=O) groups excluding carboxylic acids is 2. The minimum absolute atomic E-state index is 0.00354. The van der Waals surface area contributed by atoms with Crippen LogP contribution in [0, 0.1) is 0 Å². The van der Waals surface area contributed by atoms with Crippen molar-refractivity contribution in [3.8, 4) is 11.6 Å². The van der Waals surface area contributed by atoms with E-state index in [1.54, 1.807) is 29.2 Å². The number of nitrogens with zero attached hydrogens (tertiary/aromatic N) is 12. The van der Waals surface area contributed by atoms with E-state index < -0.39 is 34.2 Å². The quantitative estimate of drug-likeness (QED) is 0.0637. The first-order chi connectivity index (χ1) is 34.0. The normalized spacial score (nSPS) is 13.3. The summed E-state index contributed by atoms with van der Waals surface area (Å²) in [4.78, 5) is 41.0. The SMILES string of the molecule is CCCCC(C)N(CCCC)C(=O)c1ccccc1/N=N/c1c(C(C)(C)C)nn(-c2cc(-n3nc(C(C)(C)C)c(/N=N/c4c(C(=O)N(CCCC)C(C)CCCC)cccc4C(F)(F)F)c3N)ncn2)c1N. The number of aromatic nitrogens is 6. The number of hydrogen-bond donors (Lipinski definition) is 2. The summed E-state index contributed by atoms with van der Waals surface area (Å²) in [6.45, 7) is 24.7. The molecule has 2 atom stereocenters. The van der Waals surface area contributed by atoms with Gasteiger partial charge in [0.1, 0.15) is 12.0 Å². The number of alkyl halides is 3. The van der Waals surface area contributed by atoms with E-state index in [-0.39, 0.29) is 58.2 Å².